The predicted molar refractivity (Wildman–Crippen MR) is 66.9 cm³/mol. The number of hydrogen-bond acceptors (Lipinski definition) is 1. The maximum absolute atomic E-state index is 11.9. The lowest BCUT2D eigenvalue weighted by molar-refractivity contribution is -0.118. The summed E-state index contributed by atoms with van der Waals surface area (Å²) in [5, 5.41) is 0. The molecule has 0 aromatic heterocycles. The lowest BCUT2D eigenvalue weighted by Crippen LogP contribution is -2.40. The summed E-state index contributed by atoms with van der Waals surface area (Å²) in [4.78, 5) is 13.7. The van der Waals surface area contributed by atoms with Crippen LogP contribution in [0, 0.1) is 6.92 Å². The fraction of sp³-hybridized carbons (Fsp3) is 0.462. The van der Waals surface area contributed by atoms with Gasteiger partial charge in [0.15, 0.2) is 0 Å². The van der Waals surface area contributed by atoms with Gasteiger partial charge in [-0.05, 0) is 30.9 Å². The molecule has 1 aromatic rings. The van der Waals surface area contributed by atoms with Crippen molar-refractivity contribution in [3.8, 4) is 0 Å². The Kier molecular flexibility index (Phi) is 3.20. The number of nitrogens with zero attached hydrogens (tertiary/aromatic N) is 1. The quantitative estimate of drug-likeness (QED) is 0.542. The number of alkyl halides is 1. The number of carbonyl (C=O) groups is 1. The second-order valence-electron chi connectivity index (χ2n) is 4.17. The normalized spacial score (nSPS) is 19.4. The van der Waals surface area contributed by atoms with Crippen molar-refractivity contribution in [3.05, 3.63) is 29.3 Å². The van der Waals surface area contributed by atoms with Crippen LogP contribution in [0.15, 0.2) is 18.2 Å². The van der Waals surface area contributed by atoms with Crippen molar-refractivity contribution in [2.75, 3.05) is 4.90 Å². The molecule has 16 heavy (non-hydrogen) atoms. The van der Waals surface area contributed by atoms with Crippen LogP contribution in [0.4, 0.5) is 5.69 Å². The number of anilines is 1. The minimum absolute atomic E-state index is 0.107. The molecule has 0 bridgehead atoms. The lowest BCUT2D eigenvalue weighted by Gasteiger charge is -2.34. The number of amides is 1. The van der Waals surface area contributed by atoms with Crippen molar-refractivity contribution >= 4 is 23.2 Å². The van der Waals surface area contributed by atoms with Crippen LogP contribution in [-0.2, 0) is 11.2 Å². The van der Waals surface area contributed by atoms with Crippen LogP contribution >= 0.6 is 11.6 Å². The second-order valence-corrected chi connectivity index (χ2v) is 4.68. The van der Waals surface area contributed by atoms with E-state index in [-0.39, 0.29) is 11.4 Å². The summed E-state index contributed by atoms with van der Waals surface area (Å²) in [6.45, 7) is 3.90. The van der Waals surface area contributed by atoms with Crippen molar-refractivity contribution in [1.29, 1.82) is 0 Å². The van der Waals surface area contributed by atoms with E-state index < -0.39 is 0 Å². The Hall–Kier alpha value is -1.02. The van der Waals surface area contributed by atoms with E-state index >= 15 is 0 Å². The van der Waals surface area contributed by atoms with Crippen LogP contribution in [0.25, 0.3) is 0 Å². The molecule has 0 saturated carbocycles. The van der Waals surface area contributed by atoms with Crippen LogP contribution in [0.5, 0.6) is 0 Å². The molecule has 2 nitrogen and oxygen atoms in total. The minimum atomic E-state index is -0.193. The van der Waals surface area contributed by atoms with Crippen LogP contribution in [0.2, 0.25) is 0 Å². The summed E-state index contributed by atoms with van der Waals surface area (Å²) >= 11 is 6.26. The fourth-order valence-electron chi connectivity index (χ4n) is 2.26. The Morgan fingerprint density at radius 2 is 2.31 bits per heavy atom. The van der Waals surface area contributed by atoms with Crippen molar-refractivity contribution in [2.24, 2.45) is 0 Å². The molecule has 3 heteroatoms. The van der Waals surface area contributed by atoms with Crippen molar-refractivity contribution in [1.82, 2.24) is 0 Å². The second kappa shape index (κ2) is 4.46. The molecule has 1 unspecified atom stereocenters. The van der Waals surface area contributed by atoms with E-state index in [4.69, 9.17) is 11.6 Å². The van der Waals surface area contributed by atoms with Gasteiger partial charge in [0.1, 0.15) is 5.50 Å². The van der Waals surface area contributed by atoms with Gasteiger partial charge < -0.3 is 0 Å². The van der Waals surface area contributed by atoms with Gasteiger partial charge in [0.05, 0.1) is 5.69 Å². The molecule has 1 aromatic carbocycles. The largest absolute Gasteiger partial charge is 0.295 e. The van der Waals surface area contributed by atoms with Gasteiger partial charge in [-0.15, -0.1) is 0 Å². The highest BCUT2D eigenvalue weighted by atomic mass is 35.5. The standard InChI is InChI=1S/C13H16ClNO/c1-3-12(16)15-11(14)8-7-10-6-4-5-9(2)13(10)15/h4-6,11H,3,7-8H2,1-2H3. The average molecular weight is 238 g/mol. The zero-order valence-corrected chi connectivity index (χ0v) is 10.4. The van der Waals surface area contributed by atoms with Gasteiger partial charge in [0, 0.05) is 6.42 Å². The topological polar surface area (TPSA) is 20.3 Å². The van der Waals surface area contributed by atoms with E-state index in [1.165, 1.54) is 5.56 Å². The maximum atomic E-state index is 11.9. The Morgan fingerprint density at radius 3 is 3.00 bits per heavy atom. The van der Waals surface area contributed by atoms with Crippen LogP contribution in [-0.4, -0.2) is 11.4 Å². The van der Waals surface area contributed by atoms with Crippen LogP contribution in [0.3, 0.4) is 0 Å². The molecule has 0 fully saturated rings. The molecule has 0 N–H and O–H groups in total. The highest BCUT2D eigenvalue weighted by Gasteiger charge is 2.29. The summed E-state index contributed by atoms with van der Waals surface area (Å²) in [5.74, 6) is 0.107. The van der Waals surface area contributed by atoms with E-state index in [1.807, 2.05) is 26.0 Å². The number of para-hydroxylation sites is 1. The summed E-state index contributed by atoms with van der Waals surface area (Å²) in [5.41, 5.74) is 3.20. The Balaban J connectivity index is 2.51. The summed E-state index contributed by atoms with van der Waals surface area (Å²) in [7, 11) is 0. The van der Waals surface area contributed by atoms with Crippen LogP contribution in [0.1, 0.15) is 30.9 Å². The molecule has 2 rings (SSSR count). The number of benzene rings is 1. The van der Waals surface area contributed by atoms with E-state index in [0.29, 0.717) is 6.42 Å². The van der Waals surface area contributed by atoms with Crippen molar-refractivity contribution in [2.45, 2.75) is 38.6 Å². The number of halogens is 1. The first-order chi connectivity index (χ1) is 7.65. The smallest absolute Gasteiger partial charge is 0.227 e. The first kappa shape index (κ1) is 11.5. The molecule has 1 aliphatic heterocycles. The van der Waals surface area contributed by atoms with E-state index in [0.717, 1.165) is 24.1 Å². The van der Waals surface area contributed by atoms with E-state index in [9.17, 15) is 4.79 Å². The number of fused-ring (bicyclic) bond motifs is 1. The van der Waals surface area contributed by atoms with Gasteiger partial charge in [-0.1, -0.05) is 36.7 Å². The predicted octanol–water partition coefficient (Wildman–Crippen LogP) is 3.25. The number of aryl methyl sites for hydroxylation is 2. The van der Waals surface area contributed by atoms with E-state index in [2.05, 4.69) is 6.07 Å². The third kappa shape index (κ3) is 1.82. The van der Waals surface area contributed by atoms with Gasteiger partial charge in [0.25, 0.3) is 0 Å². The summed E-state index contributed by atoms with van der Waals surface area (Å²) < 4.78 is 0. The molecule has 0 radical (unpaired) electrons. The molecular formula is C13H16ClNO. The maximum Gasteiger partial charge on any atom is 0.227 e. The molecule has 1 heterocycles. The molecular weight excluding hydrogens is 222 g/mol. The third-order valence-corrected chi connectivity index (χ3v) is 3.48. The SMILES string of the molecule is CCC(=O)N1c2c(C)cccc2CCC1Cl. The van der Waals surface area contributed by atoms with Gasteiger partial charge in [-0.25, -0.2) is 0 Å². The summed E-state index contributed by atoms with van der Waals surface area (Å²) in [6, 6.07) is 6.15. The molecule has 1 atom stereocenters. The number of rotatable bonds is 1. The molecule has 0 saturated heterocycles. The third-order valence-electron chi connectivity index (χ3n) is 3.07. The lowest BCUT2D eigenvalue weighted by atomic mass is 9.98. The molecule has 86 valence electrons. The van der Waals surface area contributed by atoms with Crippen LogP contribution < -0.4 is 4.90 Å². The minimum Gasteiger partial charge on any atom is -0.295 e. The van der Waals surface area contributed by atoms with E-state index in [1.54, 1.807) is 4.90 Å². The van der Waals surface area contributed by atoms with Gasteiger partial charge >= 0.3 is 0 Å². The van der Waals surface area contributed by atoms with Gasteiger partial charge in [0.2, 0.25) is 5.91 Å². The van der Waals surface area contributed by atoms with Crippen molar-refractivity contribution in [3.63, 3.8) is 0 Å². The number of carbonyl (C=O) groups excluding carboxylic acids is 1. The average Bonchev–Trinajstić information content (AvgIpc) is 2.29. The Labute approximate surface area is 101 Å². The molecule has 1 amide bonds. The molecule has 1 aliphatic rings. The monoisotopic (exact) mass is 237 g/mol. The molecule has 0 aliphatic carbocycles. The van der Waals surface area contributed by atoms with Gasteiger partial charge in [-0.3, -0.25) is 9.69 Å². The Morgan fingerprint density at radius 1 is 1.56 bits per heavy atom. The fourth-order valence-corrected chi connectivity index (χ4v) is 2.58. The number of hydrogen-bond donors (Lipinski definition) is 0. The first-order valence-corrected chi connectivity index (χ1v) is 6.13. The highest BCUT2D eigenvalue weighted by molar-refractivity contribution is 6.24. The Bertz CT molecular complexity index is 416. The zero-order valence-electron chi connectivity index (χ0n) is 9.66. The first-order valence-electron chi connectivity index (χ1n) is 5.69. The summed E-state index contributed by atoms with van der Waals surface area (Å²) in [6.07, 6.45) is 2.29. The highest BCUT2D eigenvalue weighted by Crippen LogP contribution is 2.35. The molecule has 0 spiro atoms. The van der Waals surface area contributed by atoms with Crippen molar-refractivity contribution < 1.29 is 4.79 Å². The zero-order chi connectivity index (χ0) is 11.7. The van der Waals surface area contributed by atoms with Gasteiger partial charge in [-0.2, -0.15) is 0 Å².